The van der Waals surface area contributed by atoms with Crippen molar-refractivity contribution >= 4 is 68.5 Å². The molecule has 124 valence electrons. The van der Waals surface area contributed by atoms with Crippen molar-refractivity contribution in [2.45, 2.75) is 9.43 Å². The highest BCUT2D eigenvalue weighted by Gasteiger charge is 2.26. The van der Waals surface area contributed by atoms with Gasteiger partial charge in [-0.25, -0.2) is 4.98 Å². The molecule has 0 saturated carbocycles. The maximum absolute atomic E-state index is 11.8. The quantitative estimate of drug-likeness (QED) is 0.408. The van der Waals surface area contributed by atoms with Gasteiger partial charge in [-0.2, -0.15) is 0 Å². The van der Waals surface area contributed by atoms with E-state index in [9.17, 15) is 9.59 Å². The number of carbonyl (C=O) groups excluding carboxylic acids is 2. The number of thiazole rings is 1. The molecule has 3 aromatic rings. The number of rotatable bonds is 3. The van der Waals surface area contributed by atoms with Gasteiger partial charge < -0.3 is 4.42 Å². The molecule has 2 amide bonds. The highest BCUT2D eigenvalue weighted by molar-refractivity contribution is 8.01. The maximum atomic E-state index is 11.8. The Bertz CT molecular complexity index is 996. The van der Waals surface area contributed by atoms with Gasteiger partial charge in [0, 0.05) is 0 Å². The number of carbonyl (C=O) groups is 2. The van der Waals surface area contributed by atoms with Gasteiger partial charge in [-0.15, -0.1) is 11.3 Å². The average Bonchev–Trinajstić information content (AvgIpc) is 3.17. The number of para-hydroxylation sites is 1. The van der Waals surface area contributed by atoms with Crippen molar-refractivity contribution < 1.29 is 14.0 Å². The number of furan rings is 1. The van der Waals surface area contributed by atoms with Crippen LogP contribution in [0.15, 0.2) is 55.8 Å². The van der Waals surface area contributed by atoms with Crippen molar-refractivity contribution in [2.24, 2.45) is 0 Å². The van der Waals surface area contributed by atoms with Crippen molar-refractivity contribution in [1.29, 1.82) is 0 Å². The van der Waals surface area contributed by atoms with E-state index >= 15 is 0 Å². The predicted octanol–water partition coefficient (Wildman–Crippen LogP) is 2.95. The van der Waals surface area contributed by atoms with Gasteiger partial charge in [0.2, 0.25) is 0 Å². The second kappa shape index (κ2) is 6.43. The molecular weight excluding hydrogens is 378 g/mol. The Morgan fingerprint density at radius 1 is 1.12 bits per heavy atom. The summed E-state index contributed by atoms with van der Waals surface area (Å²) in [6.45, 7) is 0. The third-order valence-corrected chi connectivity index (χ3v) is 5.52. The van der Waals surface area contributed by atoms with Gasteiger partial charge in [0.1, 0.15) is 11.3 Å². The third kappa shape index (κ3) is 3.34. The smallest absolute Gasteiger partial charge is 0.263 e. The molecule has 0 spiro atoms. The Morgan fingerprint density at radius 3 is 2.64 bits per heavy atom. The molecule has 4 rings (SSSR count). The number of amides is 2. The van der Waals surface area contributed by atoms with Crippen LogP contribution < -0.4 is 10.6 Å². The largest absolute Gasteiger partial charge is 0.450 e. The summed E-state index contributed by atoms with van der Waals surface area (Å²) < 4.78 is 7.63. The summed E-state index contributed by atoms with van der Waals surface area (Å²) in [5, 5.41) is 5.38. The Labute approximate surface area is 155 Å². The molecule has 0 radical (unpaired) electrons. The van der Waals surface area contributed by atoms with Crippen LogP contribution in [0.1, 0.15) is 5.76 Å². The van der Waals surface area contributed by atoms with Crippen LogP contribution in [0.2, 0.25) is 0 Å². The van der Waals surface area contributed by atoms with Gasteiger partial charge in [-0.1, -0.05) is 12.1 Å². The number of thiocarbonyl (C=S) groups is 1. The highest BCUT2D eigenvalue weighted by atomic mass is 32.2. The van der Waals surface area contributed by atoms with Crippen LogP contribution in [0.25, 0.3) is 16.3 Å². The summed E-state index contributed by atoms with van der Waals surface area (Å²) in [6.07, 6.45) is 1.38. The number of aromatic nitrogens is 1. The summed E-state index contributed by atoms with van der Waals surface area (Å²) in [4.78, 5) is 28.2. The SMILES string of the molecule is O=C1NC(=S)NC(=O)C1=Cc1ccc(Sc2nc3ccccc3s2)o1. The molecule has 1 fully saturated rings. The van der Waals surface area contributed by atoms with Gasteiger partial charge in [-0.3, -0.25) is 20.2 Å². The molecule has 3 heterocycles. The van der Waals surface area contributed by atoms with Crippen LogP contribution in [0.5, 0.6) is 0 Å². The van der Waals surface area contributed by atoms with Crippen LogP contribution in [0.3, 0.4) is 0 Å². The summed E-state index contributed by atoms with van der Waals surface area (Å²) in [6, 6.07) is 11.3. The van der Waals surface area contributed by atoms with Crippen LogP contribution in [-0.4, -0.2) is 21.9 Å². The van der Waals surface area contributed by atoms with E-state index in [2.05, 4.69) is 15.6 Å². The van der Waals surface area contributed by atoms with Gasteiger partial charge in [0.15, 0.2) is 14.5 Å². The fourth-order valence-electron chi connectivity index (χ4n) is 2.20. The van der Waals surface area contributed by atoms with Crippen molar-refractivity contribution in [3.63, 3.8) is 0 Å². The first-order valence-electron chi connectivity index (χ1n) is 7.10. The fraction of sp³-hybridized carbons (Fsp3) is 0. The number of nitrogens with zero attached hydrogens (tertiary/aromatic N) is 1. The number of hydrogen-bond acceptors (Lipinski definition) is 7. The van der Waals surface area contributed by atoms with E-state index in [1.807, 2.05) is 24.3 Å². The van der Waals surface area contributed by atoms with Gasteiger partial charge in [-0.05, 0) is 54.3 Å². The Hall–Kier alpha value is -2.49. The Morgan fingerprint density at radius 2 is 1.88 bits per heavy atom. The molecule has 0 atom stereocenters. The second-order valence-corrected chi connectivity index (χ2v) is 7.69. The molecule has 1 saturated heterocycles. The molecule has 2 N–H and O–H groups in total. The predicted molar refractivity (Wildman–Crippen MR) is 99.3 cm³/mol. The average molecular weight is 387 g/mol. The number of nitrogens with one attached hydrogen (secondary N) is 2. The third-order valence-electron chi connectivity index (χ3n) is 3.29. The van der Waals surface area contributed by atoms with E-state index in [4.69, 9.17) is 16.6 Å². The van der Waals surface area contributed by atoms with E-state index in [0.717, 1.165) is 14.6 Å². The molecule has 1 aliphatic rings. The molecule has 0 bridgehead atoms. The fourth-order valence-corrected chi connectivity index (χ4v) is 4.35. The summed E-state index contributed by atoms with van der Waals surface area (Å²) >= 11 is 7.72. The molecule has 9 heteroatoms. The zero-order valence-corrected chi connectivity index (χ0v) is 14.9. The maximum Gasteiger partial charge on any atom is 0.263 e. The minimum absolute atomic E-state index is 0.00123. The van der Waals surface area contributed by atoms with Crippen LogP contribution in [0, 0.1) is 0 Å². The standard InChI is InChI=1S/C16H9N3O3S3/c20-13-9(14(21)19-15(23)18-13)7-8-5-6-12(22-8)25-16-17-10-3-1-2-4-11(10)24-16/h1-7H,(H2,18,19,20,21,23). The molecule has 0 aliphatic carbocycles. The Kier molecular flexibility index (Phi) is 4.12. The summed E-state index contributed by atoms with van der Waals surface area (Å²) in [7, 11) is 0. The summed E-state index contributed by atoms with van der Waals surface area (Å²) in [5.41, 5.74) is 0.884. The first kappa shape index (κ1) is 16.0. The number of fused-ring (bicyclic) bond motifs is 1. The van der Waals surface area contributed by atoms with Gasteiger partial charge >= 0.3 is 0 Å². The lowest BCUT2D eigenvalue weighted by Crippen LogP contribution is -2.51. The van der Waals surface area contributed by atoms with E-state index in [-0.39, 0.29) is 10.7 Å². The lowest BCUT2D eigenvalue weighted by atomic mass is 10.1. The summed E-state index contributed by atoms with van der Waals surface area (Å²) in [5.74, 6) is -0.701. The van der Waals surface area contributed by atoms with Crippen molar-refractivity contribution in [3.05, 3.63) is 47.7 Å². The zero-order chi connectivity index (χ0) is 17.4. The molecular formula is C16H9N3O3S3. The zero-order valence-electron chi connectivity index (χ0n) is 12.4. The number of hydrogen-bond donors (Lipinski definition) is 2. The highest BCUT2D eigenvalue weighted by Crippen LogP contribution is 2.35. The van der Waals surface area contributed by atoms with Gasteiger partial charge in [0.05, 0.1) is 10.2 Å². The van der Waals surface area contributed by atoms with Crippen LogP contribution in [-0.2, 0) is 9.59 Å². The second-order valence-electron chi connectivity index (χ2n) is 5.00. The van der Waals surface area contributed by atoms with E-state index < -0.39 is 11.8 Å². The minimum atomic E-state index is -0.550. The first-order chi connectivity index (χ1) is 12.1. The van der Waals surface area contributed by atoms with E-state index in [1.54, 1.807) is 23.5 Å². The molecule has 1 aliphatic heterocycles. The number of benzene rings is 1. The normalized spacial score (nSPS) is 14.6. The van der Waals surface area contributed by atoms with Crippen molar-refractivity contribution in [2.75, 3.05) is 0 Å². The Balaban J connectivity index is 1.55. The van der Waals surface area contributed by atoms with Crippen molar-refractivity contribution in [1.82, 2.24) is 15.6 Å². The topological polar surface area (TPSA) is 84.2 Å². The molecule has 0 unspecified atom stereocenters. The monoisotopic (exact) mass is 387 g/mol. The molecule has 6 nitrogen and oxygen atoms in total. The van der Waals surface area contributed by atoms with Crippen LogP contribution in [0.4, 0.5) is 0 Å². The van der Waals surface area contributed by atoms with Crippen LogP contribution >= 0.6 is 35.3 Å². The molecule has 2 aromatic heterocycles. The molecule has 1 aromatic carbocycles. The van der Waals surface area contributed by atoms with Crippen molar-refractivity contribution in [3.8, 4) is 0 Å². The lowest BCUT2D eigenvalue weighted by Gasteiger charge is -2.15. The van der Waals surface area contributed by atoms with Gasteiger partial charge in [0.25, 0.3) is 11.8 Å². The lowest BCUT2D eigenvalue weighted by molar-refractivity contribution is -0.123. The molecule has 25 heavy (non-hydrogen) atoms. The van der Waals surface area contributed by atoms with E-state index in [0.29, 0.717) is 10.9 Å². The first-order valence-corrected chi connectivity index (χ1v) is 9.14. The van der Waals surface area contributed by atoms with E-state index in [1.165, 1.54) is 17.8 Å². The minimum Gasteiger partial charge on any atom is -0.450 e.